The number of benzene rings is 2. The number of carbonyl (C=O) groups excluding carboxylic acids is 2. The molecule has 0 aliphatic heterocycles. The number of nitrogens with zero attached hydrogens (tertiary/aromatic N) is 1. The van der Waals surface area contributed by atoms with E-state index < -0.39 is 0 Å². The van der Waals surface area contributed by atoms with Crippen LogP contribution in [0.1, 0.15) is 33.3 Å². The van der Waals surface area contributed by atoms with Crippen molar-refractivity contribution in [1.82, 2.24) is 9.88 Å². The average Bonchev–Trinajstić information content (AvgIpc) is 2.88. The Kier molecular flexibility index (Phi) is 5.00. The van der Waals surface area contributed by atoms with Crippen LogP contribution < -0.4 is 10.6 Å². The van der Waals surface area contributed by atoms with Crippen LogP contribution in [0, 0.1) is 6.92 Å². The fourth-order valence-corrected chi connectivity index (χ4v) is 3.31. The van der Waals surface area contributed by atoms with Crippen LogP contribution in [0.15, 0.2) is 42.5 Å². The minimum absolute atomic E-state index is 0.175. The van der Waals surface area contributed by atoms with Crippen molar-refractivity contribution in [1.29, 1.82) is 0 Å². The van der Waals surface area contributed by atoms with Gasteiger partial charge in [0, 0.05) is 35.7 Å². The molecule has 134 valence electrons. The van der Waals surface area contributed by atoms with E-state index in [-0.39, 0.29) is 11.8 Å². The van der Waals surface area contributed by atoms with E-state index >= 15 is 0 Å². The molecule has 0 saturated carbocycles. The Balaban J connectivity index is 1.96. The molecule has 0 unspecified atom stereocenters. The van der Waals surface area contributed by atoms with Gasteiger partial charge in [0.05, 0.1) is 5.02 Å². The van der Waals surface area contributed by atoms with Crippen LogP contribution in [0.25, 0.3) is 10.9 Å². The number of hydrogen-bond donors (Lipinski definition) is 2. The van der Waals surface area contributed by atoms with E-state index in [1.807, 2.05) is 44.2 Å². The summed E-state index contributed by atoms with van der Waals surface area (Å²) >= 11 is 6.44. The van der Waals surface area contributed by atoms with Crippen molar-refractivity contribution in [2.75, 3.05) is 11.9 Å². The number of halogens is 1. The summed E-state index contributed by atoms with van der Waals surface area (Å²) in [7, 11) is 1.81. The highest BCUT2D eigenvalue weighted by molar-refractivity contribution is 6.39. The predicted octanol–water partition coefficient (Wildman–Crippen LogP) is 4.14. The maximum atomic E-state index is 12.9. The third-order valence-corrected chi connectivity index (χ3v) is 4.73. The van der Waals surface area contributed by atoms with Crippen LogP contribution in [-0.4, -0.2) is 22.9 Å². The van der Waals surface area contributed by atoms with Gasteiger partial charge in [0.25, 0.3) is 11.8 Å². The van der Waals surface area contributed by atoms with E-state index in [4.69, 9.17) is 11.6 Å². The molecule has 0 aliphatic rings. The highest BCUT2D eigenvalue weighted by Crippen LogP contribution is 2.30. The van der Waals surface area contributed by atoms with Gasteiger partial charge < -0.3 is 15.2 Å². The molecule has 26 heavy (non-hydrogen) atoms. The third kappa shape index (κ3) is 3.18. The lowest BCUT2D eigenvalue weighted by Crippen LogP contribution is -2.23. The van der Waals surface area contributed by atoms with Crippen LogP contribution in [0.2, 0.25) is 5.02 Å². The molecule has 2 N–H and O–H groups in total. The van der Waals surface area contributed by atoms with Gasteiger partial charge in [-0.15, -0.1) is 0 Å². The quantitative estimate of drug-likeness (QED) is 0.725. The first-order valence-corrected chi connectivity index (χ1v) is 8.75. The zero-order valence-electron chi connectivity index (χ0n) is 14.9. The van der Waals surface area contributed by atoms with Gasteiger partial charge in [0.2, 0.25) is 0 Å². The van der Waals surface area contributed by atoms with Crippen LogP contribution in [0.4, 0.5) is 5.69 Å². The summed E-state index contributed by atoms with van der Waals surface area (Å²) in [6.07, 6.45) is 0. The second-order valence-electron chi connectivity index (χ2n) is 6.08. The van der Waals surface area contributed by atoms with E-state index in [0.717, 1.165) is 16.5 Å². The standard InChI is InChI=1S/C20H20ClN3O2/c1-4-22-19(25)13-10-9-12(2)15(11-13)23-20(26)18-17(21)14-7-5-6-8-16(14)24(18)3/h5-11H,4H2,1-3H3,(H,22,25)(H,23,26). The van der Waals surface area contributed by atoms with Gasteiger partial charge in [-0.25, -0.2) is 0 Å². The summed E-state index contributed by atoms with van der Waals surface area (Å²) in [5.74, 6) is -0.490. The highest BCUT2D eigenvalue weighted by atomic mass is 35.5. The number of rotatable bonds is 4. The second kappa shape index (κ2) is 7.22. The Morgan fingerprint density at radius 1 is 1.12 bits per heavy atom. The Morgan fingerprint density at radius 2 is 1.85 bits per heavy atom. The molecule has 0 spiro atoms. The fraction of sp³-hybridized carbons (Fsp3) is 0.200. The first-order valence-electron chi connectivity index (χ1n) is 8.37. The maximum absolute atomic E-state index is 12.9. The zero-order valence-corrected chi connectivity index (χ0v) is 15.6. The molecule has 0 fully saturated rings. The van der Waals surface area contributed by atoms with Crippen LogP contribution in [0.3, 0.4) is 0 Å². The lowest BCUT2D eigenvalue weighted by Gasteiger charge is -2.11. The smallest absolute Gasteiger partial charge is 0.273 e. The van der Waals surface area contributed by atoms with Gasteiger partial charge in [-0.05, 0) is 37.6 Å². The van der Waals surface area contributed by atoms with Gasteiger partial charge in [-0.1, -0.05) is 35.9 Å². The van der Waals surface area contributed by atoms with Crippen molar-refractivity contribution >= 4 is 40.0 Å². The number of nitrogens with one attached hydrogen (secondary N) is 2. The molecule has 0 aliphatic carbocycles. The topological polar surface area (TPSA) is 63.1 Å². The molecule has 1 aromatic heterocycles. The summed E-state index contributed by atoms with van der Waals surface area (Å²) in [6.45, 7) is 4.27. The summed E-state index contributed by atoms with van der Waals surface area (Å²) < 4.78 is 1.77. The second-order valence-corrected chi connectivity index (χ2v) is 6.46. The van der Waals surface area contributed by atoms with Crippen molar-refractivity contribution in [3.05, 3.63) is 64.3 Å². The number of fused-ring (bicyclic) bond motifs is 1. The summed E-state index contributed by atoms with van der Waals surface area (Å²) in [6, 6.07) is 12.8. The van der Waals surface area contributed by atoms with Gasteiger partial charge in [-0.2, -0.15) is 0 Å². The van der Waals surface area contributed by atoms with E-state index in [1.54, 1.807) is 23.7 Å². The Hall–Kier alpha value is -2.79. The summed E-state index contributed by atoms with van der Waals surface area (Å²) in [5, 5.41) is 6.88. The molecule has 1 heterocycles. The SMILES string of the molecule is CCNC(=O)c1ccc(C)c(NC(=O)c2c(Cl)c3ccccc3n2C)c1. The average molecular weight is 370 g/mol. The van der Waals surface area contributed by atoms with Crippen molar-refractivity contribution in [2.45, 2.75) is 13.8 Å². The fourth-order valence-electron chi connectivity index (χ4n) is 2.94. The third-order valence-electron chi connectivity index (χ3n) is 4.35. The molecule has 2 aromatic carbocycles. The predicted molar refractivity (Wildman–Crippen MR) is 105 cm³/mol. The molecule has 6 heteroatoms. The Morgan fingerprint density at radius 3 is 2.54 bits per heavy atom. The molecule has 5 nitrogen and oxygen atoms in total. The van der Waals surface area contributed by atoms with Crippen molar-refractivity contribution in [3.63, 3.8) is 0 Å². The van der Waals surface area contributed by atoms with Gasteiger partial charge in [0.15, 0.2) is 0 Å². The first kappa shape index (κ1) is 18.0. The Bertz CT molecular complexity index is 969. The number of amides is 2. The lowest BCUT2D eigenvalue weighted by molar-refractivity contribution is 0.0954. The molecule has 0 bridgehead atoms. The Labute approximate surface area is 157 Å². The highest BCUT2D eigenvalue weighted by Gasteiger charge is 2.20. The minimum Gasteiger partial charge on any atom is -0.352 e. The largest absolute Gasteiger partial charge is 0.352 e. The minimum atomic E-state index is -0.315. The van der Waals surface area contributed by atoms with Crippen molar-refractivity contribution in [3.8, 4) is 0 Å². The number of carbonyl (C=O) groups is 2. The van der Waals surface area contributed by atoms with E-state index in [0.29, 0.717) is 28.5 Å². The number of para-hydroxylation sites is 1. The van der Waals surface area contributed by atoms with E-state index in [2.05, 4.69) is 10.6 Å². The molecular weight excluding hydrogens is 350 g/mol. The lowest BCUT2D eigenvalue weighted by atomic mass is 10.1. The van der Waals surface area contributed by atoms with Crippen molar-refractivity contribution < 1.29 is 9.59 Å². The van der Waals surface area contributed by atoms with Gasteiger partial charge in [0.1, 0.15) is 5.69 Å². The van der Waals surface area contributed by atoms with Crippen LogP contribution in [-0.2, 0) is 7.05 Å². The van der Waals surface area contributed by atoms with Crippen LogP contribution in [0.5, 0.6) is 0 Å². The van der Waals surface area contributed by atoms with Crippen LogP contribution >= 0.6 is 11.6 Å². The number of anilines is 1. The zero-order chi connectivity index (χ0) is 18.8. The molecule has 0 saturated heterocycles. The maximum Gasteiger partial charge on any atom is 0.273 e. The normalized spacial score (nSPS) is 10.8. The van der Waals surface area contributed by atoms with Gasteiger partial charge in [-0.3, -0.25) is 9.59 Å². The van der Waals surface area contributed by atoms with Gasteiger partial charge >= 0.3 is 0 Å². The van der Waals surface area contributed by atoms with Crippen molar-refractivity contribution in [2.24, 2.45) is 7.05 Å². The summed E-state index contributed by atoms with van der Waals surface area (Å²) in [5.41, 5.74) is 3.21. The molecule has 0 atom stereocenters. The van der Waals surface area contributed by atoms with E-state index in [9.17, 15) is 9.59 Å². The molecule has 2 amide bonds. The molecule has 3 aromatic rings. The molecule has 0 radical (unpaired) electrons. The monoisotopic (exact) mass is 369 g/mol. The number of hydrogen-bond acceptors (Lipinski definition) is 2. The number of aryl methyl sites for hydroxylation is 2. The molecular formula is C20H20ClN3O2. The summed E-state index contributed by atoms with van der Waals surface area (Å²) in [4.78, 5) is 24.9. The van der Waals surface area contributed by atoms with E-state index in [1.165, 1.54) is 0 Å². The number of aromatic nitrogens is 1. The first-order chi connectivity index (χ1) is 12.4. The molecule has 3 rings (SSSR count).